The maximum Gasteiger partial charge on any atom is 0.306 e. The van der Waals surface area contributed by atoms with E-state index in [1.165, 1.54) is 14.0 Å². The highest BCUT2D eigenvalue weighted by molar-refractivity contribution is 5.71. The van der Waals surface area contributed by atoms with Gasteiger partial charge < -0.3 is 83.1 Å². The molecule has 9 fully saturated rings. The minimum atomic E-state index is -1.74. The standard InChI is InChI=1S/C44H68O19/c1-19-37(62-40-36(53)34(51)32(49)27(61-40)18-56-39-35(52)33(50)31(48)26(16-45)60-39)25(54-5)15-30(57-19)59-24-8-10-41(3)23(38(24)58-20(2)46)6-12-43-28(41)9-11-42(4)22(7-13-44(42,43)63-43)21-14-29(47)55-17-21/h19,21-28,30-40,45,48-53H,6-18H2,1-5H3/t19-,21-,22+,23-,24-,25+,26+,27+,28-,30-,31+,32+,33-,34-,35+,36+,37+,38+,39+,40-,41-,42+,43-,44+/m0/s1. The summed E-state index contributed by atoms with van der Waals surface area (Å²) in [6.07, 6.45) is -11.7. The van der Waals surface area contributed by atoms with Gasteiger partial charge in [-0.15, -0.1) is 0 Å². The molecule has 358 valence electrons. The number of esters is 2. The minimum absolute atomic E-state index is 0.0227. The van der Waals surface area contributed by atoms with Crippen LogP contribution in [0.15, 0.2) is 0 Å². The largest absolute Gasteiger partial charge is 0.465 e. The molecule has 5 heterocycles. The molecule has 4 saturated carbocycles. The molecule has 5 aliphatic heterocycles. The van der Waals surface area contributed by atoms with Gasteiger partial charge in [0.05, 0.1) is 44.6 Å². The summed E-state index contributed by atoms with van der Waals surface area (Å²) in [5.74, 6) is 0.458. The van der Waals surface area contributed by atoms with Gasteiger partial charge in [-0.05, 0) is 75.5 Å². The second-order valence-electron chi connectivity index (χ2n) is 20.5. The molecule has 0 unspecified atom stereocenters. The van der Waals surface area contributed by atoms with Crippen LogP contribution in [0.4, 0.5) is 0 Å². The van der Waals surface area contributed by atoms with Crippen LogP contribution < -0.4 is 0 Å². The van der Waals surface area contributed by atoms with E-state index >= 15 is 0 Å². The van der Waals surface area contributed by atoms with Crippen molar-refractivity contribution in [2.75, 3.05) is 26.9 Å². The van der Waals surface area contributed by atoms with Crippen LogP contribution in [0, 0.1) is 34.5 Å². The minimum Gasteiger partial charge on any atom is -0.465 e. The van der Waals surface area contributed by atoms with Gasteiger partial charge in [0, 0.05) is 37.7 Å². The molecule has 0 bridgehead atoms. The molecule has 0 amide bonds. The fraction of sp³-hybridized carbons (Fsp3) is 0.955. The molecular formula is C44H68O19. The first-order chi connectivity index (χ1) is 29.9. The number of aliphatic hydroxyl groups excluding tert-OH is 7. The number of carbonyl (C=O) groups is 2. The zero-order valence-corrected chi connectivity index (χ0v) is 36.8. The predicted molar refractivity (Wildman–Crippen MR) is 211 cm³/mol. The smallest absolute Gasteiger partial charge is 0.306 e. The Morgan fingerprint density at radius 3 is 2.16 bits per heavy atom. The third-order valence-corrected chi connectivity index (χ3v) is 17.5. The fourth-order valence-corrected chi connectivity index (χ4v) is 14.3. The molecule has 2 spiro atoms. The summed E-state index contributed by atoms with van der Waals surface area (Å²) in [5.41, 5.74) is -0.636. The molecule has 24 atom stereocenters. The average molecular weight is 901 g/mol. The third-order valence-electron chi connectivity index (χ3n) is 17.5. The molecule has 0 aromatic rings. The lowest BCUT2D eigenvalue weighted by Gasteiger charge is -2.60. The lowest BCUT2D eigenvalue weighted by atomic mass is 9.44. The SMILES string of the molecule is CO[C@@H]1C[C@H](O[C@H]2CC[C@@]3(C)[C@@H](CC[C@@]45O[C@@]46CC[C@H]([C@@H]4COC(=O)C4)[C@@]6(C)CC[C@@H]35)[C@H]2OC(C)=O)O[C@@H](C)[C@H]1O[C@@H]1O[C@H](CO[C@@H]2O[C@H](CO)[C@@H](O)[C@H](O)[C@H]2O)[C@@H](O)[C@H](O)[C@H]1O. The monoisotopic (exact) mass is 900 g/mol. The summed E-state index contributed by atoms with van der Waals surface area (Å²) in [4.78, 5) is 24.9. The number of aliphatic hydroxyl groups is 7. The van der Waals surface area contributed by atoms with E-state index in [0.717, 1.165) is 44.9 Å². The Bertz CT molecular complexity index is 1690. The van der Waals surface area contributed by atoms with Crippen LogP contribution in [0.5, 0.6) is 0 Å². The van der Waals surface area contributed by atoms with Crippen molar-refractivity contribution >= 4 is 11.9 Å². The highest BCUT2D eigenvalue weighted by Crippen LogP contribution is 2.81. The zero-order valence-electron chi connectivity index (χ0n) is 36.8. The number of ether oxygens (including phenoxy) is 10. The molecule has 19 nitrogen and oxygen atoms in total. The van der Waals surface area contributed by atoms with Crippen molar-refractivity contribution in [2.24, 2.45) is 34.5 Å². The van der Waals surface area contributed by atoms with Gasteiger partial charge in [0.25, 0.3) is 0 Å². The molecule has 9 rings (SSSR count). The van der Waals surface area contributed by atoms with Gasteiger partial charge in [-0.1, -0.05) is 13.8 Å². The number of cyclic esters (lactones) is 1. The fourth-order valence-electron chi connectivity index (χ4n) is 14.3. The summed E-state index contributed by atoms with van der Waals surface area (Å²) in [7, 11) is 1.51. The Balaban J connectivity index is 0.842. The van der Waals surface area contributed by atoms with Gasteiger partial charge in [-0.2, -0.15) is 0 Å². The van der Waals surface area contributed by atoms with Crippen LogP contribution in [0.3, 0.4) is 0 Å². The highest BCUT2D eigenvalue weighted by Gasteiger charge is 2.86. The first-order valence-electron chi connectivity index (χ1n) is 23.1. The quantitative estimate of drug-likeness (QED) is 0.0788. The van der Waals surface area contributed by atoms with Gasteiger partial charge in [0.1, 0.15) is 72.2 Å². The van der Waals surface area contributed by atoms with Crippen molar-refractivity contribution < 1.29 is 92.7 Å². The van der Waals surface area contributed by atoms with Crippen LogP contribution >= 0.6 is 0 Å². The van der Waals surface area contributed by atoms with Crippen molar-refractivity contribution in [3.05, 3.63) is 0 Å². The molecular weight excluding hydrogens is 832 g/mol. The Hall–Kier alpha value is -1.66. The zero-order chi connectivity index (χ0) is 45.0. The Labute approximate surface area is 366 Å². The van der Waals surface area contributed by atoms with Crippen LogP contribution in [-0.2, 0) is 57.0 Å². The van der Waals surface area contributed by atoms with Crippen LogP contribution in [-0.4, -0.2) is 184 Å². The molecule has 19 heteroatoms. The van der Waals surface area contributed by atoms with Crippen molar-refractivity contribution in [1.29, 1.82) is 0 Å². The van der Waals surface area contributed by atoms with Gasteiger partial charge in [-0.25, -0.2) is 0 Å². The van der Waals surface area contributed by atoms with E-state index in [1.807, 2.05) is 0 Å². The van der Waals surface area contributed by atoms with E-state index in [4.69, 9.17) is 47.4 Å². The molecule has 0 radical (unpaired) electrons. The van der Waals surface area contributed by atoms with E-state index in [9.17, 15) is 45.3 Å². The van der Waals surface area contributed by atoms with Crippen molar-refractivity contribution in [3.63, 3.8) is 0 Å². The van der Waals surface area contributed by atoms with E-state index < -0.39 is 111 Å². The summed E-state index contributed by atoms with van der Waals surface area (Å²) < 4.78 is 60.9. The molecule has 0 aromatic carbocycles. The topological polar surface area (TPSA) is 271 Å². The number of rotatable bonds is 11. The maximum absolute atomic E-state index is 12.8. The van der Waals surface area contributed by atoms with E-state index in [-0.39, 0.29) is 58.1 Å². The molecule has 5 saturated heterocycles. The van der Waals surface area contributed by atoms with Crippen LogP contribution in [0.25, 0.3) is 0 Å². The normalized spacial score (nSPS) is 55.2. The summed E-state index contributed by atoms with van der Waals surface area (Å²) >= 11 is 0. The lowest BCUT2D eigenvalue weighted by Crippen LogP contribution is -2.63. The van der Waals surface area contributed by atoms with Gasteiger partial charge >= 0.3 is 11.9 Å². The van der Waals surface area contributed by atoms with Crippen LogP contribution in [0.1, 0.15) is 91.9 Å². The second kappa shape index (κ2) is 17.1. The summed E-state index contributed by atoms with van der Waals surface area (Å²) in [6, 6.07) is 0. The molecule has 0 aromatic heterocycles. The van der Waals surface area contributed by atoms with E-state index in [1.54, 1.807) is 6.92 Å². The summed E-state index contributed by atoms with van der Waals surface area (Å²) in [6.45, 7) is 7.26. The third kappa shape index (κ3) is 7.42. The van der Waals surface area contributed by atoms with E-state index in [0.29, 0.717) is 25.4 Å². The summed E-state index contributed by atoms with van der Waals surface area (Å²) in [5, 5.41) is 72.7. The lowest BCUT2D eigenvalue weighted by molar-refractivity contribution is -0.356. The Kier molecular flexibility index (Phi) is 12.6. The average Bonchev–Trinajstić information content (AvgIpc) is 3.56. The Morgan fingerprint density at radius 2 is 1.48 bits per heavy atom. The number of fused-ring (bicyclic) bond motifs is 2. The molecule has 7 N–H and O–H groups in total. The van der Waals surface area contributed by atoms with Crippen molar-refractivity contribution in [3.8, 4) is 0 Å². The van der Waals surface area contributed by atoms with Gasteiger partial charge in [-0.3, -0.25) is 9.59 Å². The van der Waals surface area contributed by atoms with Gasteiger partial charge in [0.15, 0.2) is 18.9 Å². The first kappa shape index (κ1) is 46.5. The van der Waals surface area contributed by atoms with Gasteiger partial charge in [0.2, 0.25) is 0 Å². The first-order valence-corrected chi connectivity index (χ1v) is 23.1. The molecule has 9 aliphatic rings. The number of carbonyl (C=O) groups excluding carboxylic acids is 2. The number of hydrogen-bond acceptors (Lipinski definition) is 19. The predicted octanol–water partition coefficient (Wildman–Crippen LogP) is -0.430. The van der Waals surface area contributed by atoms with Crippen molar-refractivity contribution in [2.45, 2.75) is 201 Å². The Morgan fingerprint density at radius 1 is 0.778 bits per heavy atom. The maximum atomic E-state index is 12.8. The molecule has 63 heavy (non-hydrogen) atoms. The highest BCUT2D eigenvalue weighted by atomic mass is 16.8. The number of epoxide rings is 1. The number of hydrogen-bond donors (Lipinski definition) is 7. The van der Waals surface area contributed by atoms with Crippen LogP contribution in [0.2, 0.25) is 0 Å². The van der Waals surface area contributed by atoms with Crippen molar-refractivity contribution in [1.82, 2.24) is 0 Å². The number of methoxy groups -OCH3 is 1. The molecule has 4 aliphatic carbocycles. The second-order valence-corrected chi connectivity index (χ2v) is 20.5. The van der Waals surface area contributed by atoms with E-state index in [2.05, 4.69) is 13.8 Å².